The second-order valence-corrected chi connectivity index (χ2v) is 7.01. The summed E-state index contributed by atoms with van der Waals surface area (Å²) < 4.78 is 11.6. The van der Waals surface area contributed by atoms with E-state index in [0.29, 0.717) is 45.5 Å². The number of ether oxygens (including phenoxy) is 1. The first-order valence-corrected chi connectivity index (χ1v) is 9.49. The Labute approximate surface area is 171 Å². The van der Waals surface area contributed by atoms with Gasteiger partial charge in [-0.1, -0.05) is 24.3 Å². The lowest BCUT2D eigenvalue weighted by molar-refractivity contribution is 0.399. The molecule has 0 fully saturated rings. The lowest BCUT2D eigenvalue weighted by atomic mass is 10.1. The number of hydrogen-bond acceptors (Lipinski definition) is 5. The van der Waals surface area contributed by atoms with Crippen molar-refractivity contribution in [3.05, 3.63) is 88.3 Å². The number of phenolic OH excluding ortho intramolecular Hbond substituents is 1. The summed E-state index contributed by atoms with van der Waals surface area (Å²) in [5.74, 6) is 0.623. The number of fused-ring (bicyclic) bond motifs is 2. The number of rotatable bonds is 4. The van der Waals surface area contributed by atoms with Gasteiger partial charge in [-0.15, -0.1) is 0 Å². The van der Waals surface area contributed by atoms with E-state index >= 15 is 0 Å². The predicted molar refractivity (Wildman–Crippen MR) is 115 cm³/mol. The number of nitrogens with one attached hydrogen (secondary N) is 1. The monoisotopic (exact) mass is 398 g/mol. The molecule has 3 heterocycles. The smallest absolute Gasteiger partial charge is 0.222 e. The number of pyridine rings is 1. The number of benzene rings is 2. The molecule has 5 aromatic rings. The Morgan fingerprint density at radius 2 is 1.87 bits per heavy atom. The number of aromatic amines is 1. The van der Waals surface area contributed by atoms with Gasteiger partial charge in [0.05, 0.1) is 34.8 Å². The standard InChI is InChI=1S/C24H18N2O4/c1-29-24-17(6-4-12-25-24)21-20-22(28)16-5-2-3-7-19(16)30-23(20)18(26-21)13-14-8-10-15(27)11-9-14/h2-12,26-27H,13H2,1H3. The third-order valence-electron chi connectivity index (χ3n) is 5.15. The molecule has 0 spiro atoms. The largest absolute Gasteiger partial charge is 0.508 e. The molecule has 0 saturated heterocycles. The summed E-state index contributed by atoms with van der Waals surface area (Å²) in [5.41, 5.74) is 3.96. The predicted octanol–water partition coefficient (Wildman–Crippen LogP) is 4.64. The summed E-state index contributed by atoms with van der Waals surface area (Å²) in [4.78, 5) is 21.1. The minimum Gasteiger partial charge on any atom is -0.508 e. The van der Waals surface area contributed by atoms with Crippen molar-refractivity contribution in [3.63, 3.8) is 0 Å². The van der Waals surface area contributed by atoms with Crippen molar-refractivity contribution in [2.75, 3.05) is 7.11 Å². The number of methoxy groups -OCH3 is 1. The fourth-order valence-electron chi connectivity index (χ4n) is 3.74. The quantitative estimate of drug-likeness (QED) is 0.460. The molecular weight excluding hydrogens is 380 g/mol. The van der Waals surface area contributed by atoms with Crippen LogP contribution in [0.3, 0.4) is 0 Å². The van der Waals surface area contributed by atoms with Gasteiger partial charge in [-0.2, -0.15) is 0 Å². The number of nitrogens with zero attached hydrogens (tertiary/aromatic N) is 1. The molecule has 5 rings (SSSR count). The molecule has 2 N–H and O–H groups in total. The molecule has 0 aliphatic rings. The highest BCUT2D eigenvalue weighted by molar-refractivity contribution is 6.00. The van der Waals surface area contributed by atoms with E-state index in [2.05, 4.69) is 9.97 Å². The third kappa shape index (κ3) is 2.90. The maximum atomic E-state index is 13.4. The SMILES string of the molecule is COc1ncccc1-c1[nH]c(Cc2ccc(O)cc2)c2oc3ccccc3c(=O)c12. The number of phenols is 1. The molecule has 0 atom stereocenters. The van der Waals surface area contributed by atoms with Gasteiger partial charge < -0.3 is 19.2 Å². The number of aromatic nitrogens is 2. The van der Waals surface area contributed by atoms with Crippen LogP contribution in [0.5, 0.6) is 11.6 Å². The Kier molecular flexibility index (Phi) is 4.25. The van der Waals surface area contributed by atoms with Crippen LogP contribution in [0.1, 0.15) is 11.3 Å². The van der Waals surface area contributed by atoms with E-state index in [1.807, 2.05) is 30.3 Å². The van der Waals surface area contributed by atoms with Gasteiger partial charge in [-0.05, 0) is 42.0 Å². The molecule has 0 aliphatic heterocycles. The zero-order valence-corrected chi connectivity index (χ0v) is 16.2. The Morgan fingerprint density at radius 3 is 2.67 bits per heavy atom. The van der Waals surface area contributed by atoms with E-state index in [9.17, 15) is 9.90 Å². The number of H-pyrrole nitrogens is 1. The van der Waals surface area contributed by atoms with Crippen molar-refractivity contribution >= 4 is 21.9 Å². The summed E-state index contributed by atoms with van der Waals surface area (Å²) in [6, 6.07) is 17.8. The molecule has 6 heteroatoms. The van der Waals surface area contributed by atoms with Crippen LogP contribution in [0.4, 0.5) is 0 Å². The average molecular weight is 398 g/mol. The first-order valence-electron chi connectivity index (χ1n) is 9.49. The molecular formula is C24H18N2O4. The van der Waals surface area contributed by atoms with Gasteiger partial charge >= 0.3 is 0 Å². The molecule has 0 unspecified atom stereocenters. The fourth-order valence-corrected chi connectivity index (χ4v) is 3.74. The minimum atomic E-state index is -0.110. The lowest BCUT2D eigenvalue weighted by Crippen LogP contribution is -2.02. The van der Waals surface area contributed by atoms with Crippen LogP contribution < -0.4 is 10.2 Å². The molecule has 0 amide bonds. The molecule has 0 bridgehead atoms. The van der Waals surface area contributed by atoms with Gasteiger partial charge in [-0.3, -0.25) is 4.79 Å². The van der Waals surface area contributed by atoms with E-state index < -0.39 is 0 Å². The molecule has 30 heavy (non-hydrogen) atoms. The number of aromatic hydroxyl groups is 1. The van der Waals surface area contributed by atoms with Crippen LogP contribution in [0.2, 0.25) is 0 Å². The van der Waals surface area contributed by atoms with Crippen LogP contribution in [0, 0.1) is 0 Å². The van der Waals surface area contributed by atoms with E-state index in [0.717, 1.165) is 11.3 Å². The van der Waals surface area contributed by atoms with Crippen LogP contribution in [-0.4, -0.2) is 22.2 Å². The van der Waals surface area contributed by atoms with Crippen LogP contribution >= 0.6 is 0 Å². The van der Waals surface area contributed by atoms with Crippen molar-refractivity contribution in [3.8, 4) is 22.9 Å². The topological polar surface area (TPSA) is 88.3 Å². The van der Waals surface area contributed by atoms with Crippen molar-refractivity contribution < 1.29 is 14.3 Å². The van der Waals surface area contributed by atoms with E-state index in [1.54, 1.807) is 43.6 Å². The molecule has 3 aromatic heterocycles. The minimum absolute atomic E-state index is 0.110. The average Bonchev–Trinajstić information content (AvgIpc) is 3.13. The second-order valence-electron chi connectivity index (χ2n) is 7.01. The van der Waals surface area contributed by atoms with Gasteiger partial charge in [0, 0.05) is 12.6 Å². The van der Waals surface area contributed by atoms with Crippen LogP contribution in [0.25, 0.3) is 33.2 Å². The van der Waals surface area contributed by atoms with E-state index in [4.69, 9.17) is 9.15 Å². The number of hydrogen-bond donors (Lipinski definition) is 2. The van der Waals surface area contributed by atoms with Gasteiger partial charge in [-0.25, -0.2) is 4.98 Å². The van der Waals surface area contributed by atoms with Gasteiger partial charge in [0.15, 0.2) is 5.58 Å². The Morgan fingerprint density at radius 1 is 1.07 bits per heavy atom. The van der Waals surface area contributed by atoms with Crippen molar-refractivity contribution in [2.24, 2.45) is 0 Å². The second kappa shape index (κ2) is 7.08. The van der Waals surface area contributed by atoms with Gasteiger partial charge in [0.1, 0.15) is 11.3 Å². The molecule has 6 nitrogen and oxygen atoms in total. The third-order valence-corrected chi connectivity index (χ3v) is 5.15. The Balaban J connectivity index is 1.82. The first kappa shape index (κ1) is 18.0. The first-order chi connectivity index (χ1) is 14.7. The highest BCUT2D eigenvalue weighted by atomic mass is 16.5. The Hall–Kier alpha value is -4.06. The normalized spacial score (nSPS) is 11.2. The summed E-state index contributed by atoms with van der Waals surface area (Å²) in [6.45, 7) is 0. The molecule has 0 aliphatic carbocycles. The fraction of sp³-hybridized carbons (Fsp3) is 0.0833. The zero-order chi connectivity index (χ0) is 20.7. The molecule has 0 saturated carbocycles. The van der Waals surface area contributed by atoms with E-state index in [1.165, 1.54) is 0 Å². The van der Waals surface area contributed by atoms with Crippen LogP contribution in [0.15, 0.2) is 76.1 Å². The molecule has 0 radical (unpaired) electrons. The highest BCUT2D eigenvalue weighted by Gasteiger charge is 2.22. The zero-order valence-electron chi connectivity index (χ0n) is 16.2. The van der Waals surface area contributed by atoms with Gasteiger partial charge in [0.2, 0.25) is 11.3 Å². The maximum absolute atomic E-state index is 13.4. The lowest BCUT2D eigenvalue weighted by Gasteiger charge is -2.05. The molecule has 148 valence electrons. The van der Waals surface area contributed by atoms with Crippen molar-refractivity contribution in [2.45, 2.75) is 6.42 Å². The highest BCUT2D eigenvalue weighted by Crippen LogP contribution is 2.35. The van der Waals surface area contributed by atoms with Crippen molar-refractivity contribution in [1.29, 1.82) is 0 Å². The van der Waals surface area contributed by atoms with E-state index in [-0.39, 0.29) is 11.2 Å². The number of para-hydroxylation sites is 1. The molecule has 2 aromatic carbocycles. The summed E-state index contributed by atoms with van der Waals surface area (Å²) >= 11 is 0. The summed E-state index contributed by atoms with van der Waals surface area (Å²) in [7, 11) is 1.55. The summed E-state index contributed by atoms with van der Waals surface area (Å²) in [5, 5.41) is 10.6. The van der Waals surface area contributed by atoms with Crippen LogP contribution in [-0.2, 0) is 6.42 Å². The summed E-state index contributed by atoms with van der Waals surface area (Å²) in [6.07, 6.45) is 2.14. The maximum Gasteiger partial charge on any atom is 0.222 e. The Bertz CT molecular complexity index is 1430. The van der Waals surface area contributed by atoms with Crippen molar-refractivity contribution in [1.82, 2.24) is 9.97 Å². The van der Waals surface area contributed by atoms with Gasteiger partial charge in [0.25, 0.3) is 0 Å².